The lowest BCUT2D eigenvalue weighted by Crippen LogP contribution is -2.44. The van der Waals surface area contributed by atoms with Crippen LogP contribution in [-0.4, -0.2) is 44.0 Å². The minimum atomic E-state index is -0.139. The van der Waals surface area contributed by atoms with Crippen molar-refractivity contribution in [1.82, 2.24) is 19.6 Å². The summed E-state index contributed by atoms with van der Waals surface area (Å²) in [6.45, 7) is 5.59. The molecule has 0 spiro atoms. The summed E-state index contributed by atoms with van der Waals surface area (Å²) in [5, 5.41) is 5.50. The Morgan fingerprint density at radius 2 is 1.85 bits per heavy atom. The lowest BCUT2D eigenvalue weighted by molar-refractivity contribution is 0.0605. The summed E-state index contributed by atoms with van der Waals surface area (Å²) in [6, 6.07) is 12.8. The summed E-state index contributed by atoms with van der Waals surface area (Å²) < 4.78 is 2.82. The summed E-state index contributed by atoms with van der Waals surface area (Å²) in [6.07, 6.45) is 0.595. The average Bonchev–Trinajstić information content (AvgIpc) is 3.18. The zero-order valence-electron chi connectivity index (χ0n) is 18.8. The Morgan fingerprint density at radius 3 is 2.56 bits per heavy atom. The zero-order chi connectivity index (χ0) is 24.1. The van der Waals surface area contributed by atoms with Crippen LogP contribution in [0.2, 0.25) is 10.0 Å². The number of carbonyl (C=O) groups excluding carboxylic acids is 2. The molecule has 2 amide bonds. The molecule has 34 heavy (non-hydrogen) atoms. The van der Waals surface area contributed by atoms with Crippen LogP contribution >= 0.6 is 39.1 Å². The monoisotopic (exact) mass is 560 g/mol. The van der Waals surface area contributed by atoms with E-state index in [1.807, 2.05) is 47.7 Å². The van der Waals surface area contributed by atoms with E-state index in [2.05, 4.69) is 15.9 Å². The number of nitrogens with zero attached hydrogens (tertiary/aromatic N) is 4. The molecule has 0 saturated heterocycles. The maximum absolute atomic E-state index is 13.7. The summed E-state index contributed by atoms with van der Waals surface area (Å²) in [5.74, 6) is -0.188. The minimum Gasteiger partial charge on any atom is -0.331 e. The Labute approximate surface area is 216 Å². The number of carbonyl (C=O) groups is 2. The Kier molecular flexibility index (Phi) is 6.21. The smallest absolute Gasteiger partial charge is 0.273 e. The second-order valence-corrected chi connectivity index (χ2v) is 10.6. The van der Waals surface area contributed by atoms with Gasteiger partial charge in [-0.1, -0.05) is 51.3 Å². The van der Waals surface area contributed by atoms with Gasteiger partial charge in [0.2, 0.25) is 0 Å². The van der Waals surface area contributed by atoms with Gasteiger partial charge in [0.25, 0.3) is 11.8 Å². The molecule has 6 nitrogen and oxygen atoms in total. The third-order valence-electron chi connectivity index (χ3n) is 6.75. The Bertz CT molecular complexity index is 1290. The number of halogens is 3. The molecule has 1 unspecified atom stereocenters. The van der Waals surface area contributed by atoms with Crippen molar-refractivity contribution in [3.63, 3.8) is 0 Å². The highest BCUT2D eigenvalue weighted by molar-refractivity contribution is 9.10. The average molecular weight is 562 g/mol. The van der Waals surface area contributed by atoms with E-state index in [0.717, 1.165) is 21.3 Å². The molecule has 0 fully saturated rings. The molecule has 5 rings (SSSR count). The number of fused-ring (bicyclic) bond motifs is 3. The predicted molar refractivity (Wildman–Crippen MR) is 135 cm³/mol. The van der Waals surface area contributed by atoms with E-state index in [9.17, 15) is 9.59 Å². The van der Waals surface area contributed by atoms with Crippen LogP contribution in [0.4, 0.5) is 0 Å². The Morgan fingerprint density at radius 1 is 1.12 bits per heavy atom. The number of rotatable bonds is 3. The fourth-order valence-electron chi connectivity index (χ4n) is 4.79. The van der Waals surface area contributed by atoms with Gasteiger partial charge in [-0.05, 0) is 49.7 Å². The van der Waals surface area contributed by atoms with E-state index < -0.39 is 0 Å². The summed E-state index contributed by atoms with van der Waals surface area (Å²) in [4.78, 5) is 30.7. The van der Waals surface area contributed by atoms with E-state index in [4.69, 9.17) is 28.3 Å². The van der Waals surface area contributed by atoms with E-state index in [1.165, 1.54) is 0 Å². The normalized spacial score (nSPS) is 18.5. The van der Waals surface area contributed by atoms with Crippen LogP contribution in [0, 0.1) is 0 Å². The van der Waals surface area contributed by atoms with Crippen LogP contribution in [0.1, 0.15) is 57.6 Å². The van der Waals surface area contributed by atoms with E-state index >= 15 is 0 Å². The molecule has 0 bridgehead atoms. The molecule has 0 radical (unpaired) electrons. The van der Waals surface area contributed by atoms with Crippen molar-refractivity contribution in [2.45, 2.75) is 45.4 Å². The van der Waals surface area contributed by atoms with Crippen molar-refractivity contribution in [2.75, 3.05) is 6.54 Å². The molecule has 0 N–H and O–H groups in total. The first-order valence-electron chi connectivity index (χ1n) is 11.2. The van der Waals surface area contributed by atoms with E-state index in [-0.39, 0.29) is 23.9 Å². The van der Waals surface area contributed by atoms with Crippen LogP contribution in [0.5, 0.6) is 0 Å². The molecule has 3 heterocycles. The van der Waals surface area contributed by atoms with Crippen molar-refractivity contribution in [2.24, 2.45) is 0 Å². The number of benzene rings is 2. The first-order chi connectivity index (χ1) is 16.2. The lowest BCUT2D eigenvalue weighted by Gasteiger charge is -2.35. The highest BCUT2D eigenvalue weighted by Crippen LogP contribution is 2.33. The molecule has 9 heteroatoms. The van der Waals surface area contributed by atoms with Gasteiger partial charge in [0.05, 0.1) is 34.9 Å². The molecule has 2 aliphatic rings. The van der Waals surface area contributed by atoms with Gasteiger partial charge >= 0.3 is 0 Å². The van der Waals surface area contributed by atoms with Gasteiger partial charge in [-0.15, -0.1) is 0 Å². The maximum Gasteiger partial charge on any atom is 0.273 e. The maximum atomic E-state index is 13.7. The van der Waals surface area contributed by atoms with Crippen LogP contribution in [0.15, 0.2) is 46.9 Å². The van der Waals surface area contributed by atoms with E-state index in [0.29, 0.717) is 47.4 Å². The van der Waals surface area contributed by atoms with Crippen molar-refractivity contribution in [1.29, 1.82) is 0 Å². The second-order valence-electron chi connectivity index (χ2n) is 8.84. The van der Waals surface area contributed by atoms with E-state index in [1.54, 1.807) is 23.1 Å². The highest BCUT2D eigenvalue weighted by atomic mass is 79.9. The van der Waals surface area contributed by atoms with Crippen LogP contribution in [-0.2, 0) is 19.5 Å². The van der Waals surface area contributed by atoms with Crippen LogP contribution < -0.4 is 0 Å². The molecule has 2 atom stereocenters. The first-order valence-corrected chi connectivity index (χ1v) is 12.7. The first kappa shape index (κ1) is 23.4. The van der Waals surface area contributed by atoms with Gasteiger partial charge < -0.3 is 9.80 Å². The van der Waals surface area contributed by atoms with Gasteiger partial charge in [0, 0.05) is 34.6 Å². The van der Waals surface area contributed by atoms with Gasteiger partial charge in [0.1, 0.15) is 5.69 Å². The summed E-state index contributed by atoms with van der Waals surface area (Å²) >= 11 is 15.6. The van der Waals surface area contributed by atoms with Gasteiger partial charge in [-0.3, -0.25) is 14.3 Å². The fourth-order valence-corrected chi connectivity index (χ4v) is 5.36. The Hall–Kier alpha value is -2.35. The third kappa shape index (κ3) is 4.04. The van der Waals surface area contributed by atoms with Crippen molar-refractivity contribution >= 4 is 50.9 Å². The molecule has 176 valence electrons. The van der Waals surface area contributed by atoms with Crippen molar-refractivity contribution in [3.8, 4) is 0 Å². The topological polar surface area (TPSA) is 58.4 Å². The zero-order valence-corrected chi connectivity index (χ0v) is 21.9. The largest absolute Gasteiger partial charge is 0.331 e. The highest BCUT2D eigenvalue weighted by Gasteiger charge is 2.38. The fraction of sp³-hybridized carbons (Fsp3) is 0.320. The molecule has 1 aromatic heterocycles. The minimum absolute atomic E-state index is 0.0492. The molecule has 0 aliphatic carbocycles. The number of aromatic nitrogens is 2. The summed E-state index contributed by atoms with van der Waals surface area (Å²) in [5.41, 5.74) is 3.87. The number of amides is 2. The summed E-state index contributed by atoms with van der Waals surface area (Å²) in [7, 11) is 0. The van der Waals surface area contributed by atoms with Crippen LogP contribution in [0.3, 0.4) is 0 Å². The molecular formula is C25H23BrCl2N4O2. The molecule has 3 aromatic rings. The molecule has 0 saturated carbocycles. The van der Waals surface area contributed by atoms with Gasteiger partial charge in [-0.2, -0.15) is 5.10 Å². The van der Waals surface area contributed by atoms with Gasteiger partial charge in [-0.25, -0.2) is 0 Å². The second kappa shape index (κ2) is 9.02. The predicted octanol–water partition coefficient (Wildman–Crippen LogP) is 5.76. The van der Waals surface area contributed by atoms with Crippen molar-refractivity contribution < 1.29 is 9.59 Å². The lowest BCUT2D eigenvalue weighted by atomic mass is 9.97. The molecule has 2 aromatic carbocycles. The Balaban J connectivity index is 1.44. The number of hydrogen-bond donors (Lipinski definition) is 0. The molecular weight excluding hydrogens is 539 g/mol. The third-order valence-corrected chi connectivity index (χ3v) is 8.01. The van der Waals surface area contributed by atoms with Gasteiger partial charge in [0.15, 0.2) is 0 Å². The van der Waals surface area contributed by atoms with Crippen LogP contribution in [0.25, 0.3) is 0 Å². The quantitative estimate of drug-likeness (QED) is 0.408. The van der Waals surface area contributed by atoms with Crippen molar-refractivity contribution in [3.05, 3.63) is 85.1 Å². The standard InChI is InChI=1S/C25H23BrCl2N4O2/c1-14-11-22-19(13-31(14)24(33)17-5-8-20(27)21(28)12-17)23-25(34)30(9-10-32(23)29-22)15(2)16-3-6-18(26)7-4-16/h3-8,12,14-15H,9-11,13H2,1-2H3/t14-,15?/m1/s1. The number of hydrogen-bond acceptors (Lipinski definition) is 3. The SMILES string of the molecule is CC(c1ccc(Br)cc1)N1CCn2nc3c(c2C1=O)CN(C(=O)c1ccc(Cl)c(Cl)c1)[C@H](C)C3. The molecule has 2 aliphatic heterocycles.